The first-order valence-corrected chi connectivity index (χ1v) is 10.4. The summed E-state index contributed by atoms with van der Waals surface area (Å²) in [5, 5.41) is 3.73. The molecule has 5 heteroatoms. The number of guanidine groups is 1. The van der Waals surface area contributed by atoms with Crippen LogP contribution in [0.3, 0.4) is 0 Å². The predicted molar refractivity (Wildman–Crippen MR) is 112 cm³/mol. The second kappa shape index (κ2) is 7.44. The third-order valence-corrected chi connectivity index (χ3v) is 7.20. The second-order valence-electron chi connectivity index (χ2n) is 8.72. The molecule has 1 N–H and O–H groups in total. The van der Waals surface area contributed by atoms with Gasteiger partial charge >= 0.3 is 0 Å². The third-order valence-electron chi connectivity index (χ3n) is 7.20. The minimum Gasteiger partial charge on any atom is -0.381 e. The lowest BCUT2D eigenvalue weighted by Gasteiger charge is -2.43. The van der Waals surface area contributed by atoms with Crippen LogP contribution in [-0.4, -0.2) is 63.8 Å². The zero-order valence-corrected chi connectivity index (χ0v) is 17.1. The van der Waals surface area contributed by atoms with E-state index >= 15 is 0 Å². The van der Waals surface area contributed by atoms with E-state index in [9.17, 15) is 0 Å². The van der Waals surface area contributed by atoms with Crippen LogP contribution in [0.25, 0.3) is 0 Å². The van der Waals surface area contributed by atoms with Crippen molar-refractivity contribution in [3.63, 3.8) is 0 Å². The molecular formula is C22H34N4O. The Labute approximate surface area is 163 Å². The molecule has 0 amide bonds. The van der Waals surface area contributed by atoms with Crippen LogP contribution < -0.4 is 10.2 Å². The molecular weight excluding hydrogens is 336 g/mol. The number of benzene rings is 1. The van der Waals surface area contributed by atoms with Crippen molar-refractivity contribution in [2.75, 3.05) is 52.3 Å². The number of nitrogens with one attached hydrogen (secondary N) is 1. The number of para-hydroxylation sites is 1. The molecule has 0 bridgehead atoms. The zero-order valence-electron chi connectivity index (χ0n) is 17.1. The van der Waals surface area contributed by atoms with Crippen LogP contribution in [0.5, 0.6) is 0 Å². The van der Waals surface area contributed by atoms with Gasteiger partial charge in [-0.05, 0) is 51.4 Å². The number of rotatable bonds is 3. The molecule has 1 saturated heterocycles. The number of aliphatic imine (C=N–C) groups is 1. The molecule has 1 aromatic rings. The van der Waals surface area contributed by atoms with Crippen molar-refractivity contribution in [2.45, 2.75) is 49.5 Å². The number of likely N-dealkylation sites (N-methyl/N-ethyl adjacent to an activating group) is 1. The molecule has 2 aliphatic heterocycles. The van der Waals surface area contributed by atoms with Crippen molar-refractivity contribution in [1.29, 1.82) is 0 Å². The third kappa shape index (κ3) is 3.25. The van der Waals surface area contributed by atoms with Gasteiger partial charge in [0, 0.05) is 50.0 Å². The summed E-state index contributed by atoms with van der Waals surface area (Å²) in [4.78, 5) is 9.48. The van der Waals surface area contributed by atoms with Crippen LogP contribution >= 0.6 is 0 Å². The monoisotopic (exact) mass is 370 g/mol. The summed E-state index contributed by atoms with van der Waals surface area (Å²) in [5.41, 5.74) is 3.34. The maximum Gasteiger partial charge on any atom is 0.198 e. The molecule has 4 rings (SSSR count). The van der Waals surface area contributed by atoms with E-state index in [0.29, 0.717) is 5.41 Å². The molecule has 1 aliphatic carbocycles. The Balaban J connectivity index is 1.55. The quantitative estimate of drug-likeness (QED) is 0.656. The fourth-order valence-electron chi connectivity index (χ4n) is 5.37. The van der Waals surface area contributed by atoms with E-state index in [2.05, 4.69) is 58.5 Å². The Morgan fingerprint density at radius 2 is 1.85 bits per heavy atom. The molecule has 1 spiro atoms. The Hall–Kier alpha value is -1.59. The Bertz CT molecular complexity index is 687. The van der Waals surface area contributed by atoms with Crippen LogP contribution in [0.1, 0.15) is 44.1 Å². The van der Waals surface area contributed by atoms with E-state index in [-0.39, 0.29) is 5.54 Å². The lowest BCUT2D eigenvalue weighted by Crippen LogP contribution is -2.57. The molecule has 0 unspecified atom stereocenters. The van der Waals surface area contributed by atoms with Gasteiger partial charge in [-0.15, -0.1) is 0 Å². The van der Waals surface area contributed by atoms with E-state index in [0.717, 1.165) is 45.1 Å². The largest absolute Gasteiger partial charge is 0.381 e. The summed E-state index contributed by atoms with van der Waals surface area (Å²) >= 11 is 0. The van der Waals surface area contributed by atoms with Gasteiger partial charge in [-0.2, -0.15) is 0 Å². The van der Waals surface area contributed by atoms with Gasteiger partial charge in [-0.1, -0.05) is 31.0 Å². The van der Waals surface area contributed by atoms with Gasteiger partial charge in [0.2, 0.25) is 0 Å². The number of ether oxygens (including phenoxy) is 1. The number of hydrogen-bond donors (Lipinski definition) is 1. The van der Waals surface area contributed by atoms with Crippen LogP contribution in [-0.2, 0) is 10.2 Å². The normalized spacial score (nSPS) is 23.9. The SMILES string of the molecule is CN=C(NCC1(N(C)C)CCOCC1)N1CC2(CCCC2)c2ccccc21. The van der Waals surface area contributed by atoms with E-state index in [4.69, 9.17) is 4.74 Å². The van der Waals surface area contributed by atoms with Gasteiger partial charge in [0.25, 0.3) is 0 Å². The second-order valence-corrected chi connectivity index (χ2v) is 8.72. The van der Waals surface area contributed by atoms with Crippen molar-refractivity contribution in [2.24, 2.45) is 4.99 Å². The van der Waals surface area contributed by atoms with Gasteiger partial charge in [0.15, 0.2) is 5.96 Å². The molecule has 1 saturated carbocycles. The minimum absolute atomic E-state index is 0.137. The summed E-state index contributed by atoms with van der Waals surface area (Å²) in [5.74, 6) is 1.01. The molecule has 0 radical (unpaired) electrons. The predicted octanol–water partition coefficient (Wildman–Crippen LogP) is 3.00. The molecule has 27 heavy (non-hydrogen) atoms. The fraction of sp³-hybridized carbons (Fsp3) is 0.682. The van der Waals surface area contributed by atoms with Gasteiger partial charge < -0.3 is 19.9 Å². The highest BCUT2D eigenvalue weighted by Gasteiger charge is 2.45. The summed E-state index contributed by atoms with van der Waals surface area (Å²) in [7, 11) is 6.29. The lowest BCUT2D eigenvalue weighted by atomic mass is 9.81. The maximum atomic E-state index is 5.62. The highest BCUT2D eigenvalue weighted by molar-refractivity contribution is 5.98. The highest BCUT2D eigenvalue weighted by atomic mass is 16.5. The van der Waals surface area contributed by atoms with E-state index in [1.807, 2.05) is 7.05 Å². The van der Waals surface area contributed by atoms with Gasteiger partial charge in [-0.3, -0.25) is 4.99 Å². The number of hydrogen-bond acceptors (Lipinski definition) is 3. The van der Waals surface area contributed by atoms with Gasteiger partial charge in [-0.25, -0.2) is 0 Å². The first-order valence-electron chi connectivity index (χ1n) is 10.4. The summed E-state index contributed by atoms with van der Waals surface area (Å²) < 4.78 is 5.62. The standard InChI is InChI=1S/C22H34N4O/c1-23-20(24-16-22(25(2)3)12-14-27-15-13-22)26-17-21(10-6-7-11-21)18-8-4-5-9-19(18)26/h4-5,8-9H,6-7,10-17H2,1-3H3,(H,23,24). The van der Waals surface area contributed by atoms with Gasteiger partial charge in [0.05, 0.1) is 0 Å². The average molecular weight is 371 g/mol. The first-order chi connectivity index (χ1) is 13.1. The van der Waals surface area contributed by atoms with E-state index < -0.39 is 0 Å². The fourth-order valence-corrected chi connectivity index (χ4v) is 5.37. The summed E-state index contributed by atoms with van der Waals surface area (Å²) in [6.45, 7) is 3.65. The minimum atomic E-state index is 0.137. The summed E-state index contributed by atoms with van der Waals surface area (Å²) in [6, 6.07) is 8.97. The van der Waals surface area contributed by atoms with Crippen LogP contribution in [0.4, 0.5) is 5.69 Å². The molecule has 5 nitrogen and oxygen atoms in total. The maximum absolute atomic E-state index is 5.62. The van der Waals surface area contributed by atoms with E-state index in [1.54, 1.807) is 0 Å². The molecule has 2 heterocycles. The average Bonchev–Trinajstić information content (AvgIpc) is 3.30. The molecule has 148 valence electrons. The Morgan fingerprint density at radius 1 is 1.15 bits per heavy atom. The first kappa shape index (κ1) is 18.8. The highest BCUT2D eigenvalue weighted by Crippen LogP contribution is 2.50. The summed E-state index contributed by atoms with van der Waals surface area (Å²) in [6.07, 6.45) is 7.41. The van der Waals surface area contributed by atoms with Crippen LogP contribution in [0.15, 0.2) is 29.3 Å². The van der Waals surface area contributed by atoms with Crippen molar-refractivity contribution < 1.29 is 4.74 Å². The van der Waals surface area contributed by atoms with Crippen molar-refractivity contribution in [3.05, 3.63) is 29.8 Å². The topological polar surface area (TPSA) is 40.1 Å². The van der Waals surface area contributed by atoms with Gasteiger partial charge in [0.1, 0.15) is 0 Å². The molecule has 0 atom stereocenters. The zero-order chi connectivity index (χ0) is 18.9. The molecule has 1 aromatic carbocycles. The smallest absolute Gasteiger partial charge is 0.198 e. The molecule has 0 aromatic heterocycles. The lowest BCUT2D eigenvalue weighted by molar-refractivity contribution is -0.00496. The Kier molecular flexibility index (Phi) is 5.17. The van der Waals surface area contributed by atoms with Crippen molar-refractivity contribution in [1.82, 2.24) is 10.2 Å². The molecule has 3 aliphatic rings. The number of anilines is 1. The van der Waals surface area contributed by atoms with Crippen molar-refractivity contribution in [3.8, 4) is 0 Å². The Morgan fingerprint density at radius 3 is 2.52 bits per heavy atom. The number of nitrogens with zero attached hydrogens (tertiary/aromatic N) is 3. The molecule has 2 fully saturated rings. The van der Waals surface area contributed by atoms with Crippen LogP contribution in [0, 0.1) is 0 Å². The number of fused-ring (bicyclic) bond motifs is 2. The van der Waals surface area contributed by atoms with Crippen LogP contribution in [0.2, 0.25) is 0 Å². The van der Waals surface area contributed by atoms with Crippen molar-refractivity contribution >= 4 is 11.6 Å². The van der Waals surface area contributed by atoms with E-state index in [1.165, 1.54) is 36.9 Å².